The molecular weight excluding hydrogens is 307 g/mol. The van der Waals surface area contributed by atoms with E-state index in [0.717, 1.165) is 11.6 Å². The minimum absolute atomic E-state index is 0.0223. The molecule has 1 aliphatic carbocycles. The lowest BCUT2D eigenvalue weighted by atomic mass is 9.96. The summed E-state index contributed by atoms with van der Waals surface area (Å²) in [5, 5.41) is 0. The molecule has 1 aromatic carbocycles. The molecule has 6 heteroatoms. The lowest BCUT2D eigenvalue weighted by Crippen LogP contribution is -2.17. The zero-order valence-electron chi connectivity index (χ0n) is 12.4. The van der Waals surface area contributed by atoms with Crippen molar-refractivity contribution in [2.24, 2.45) is 5.92 Å². The first-order chi connectivity index (χ1) is 10.9. The van der Waals surface area contributed by atoms with Crippen molar-refractivity contribution in [3.05, 3.63) is 58.9 Å². The minimum Gasteiger partial charge on any atom is -0.497 e. The van der Waals surface area contributed by atoms with E-state index in [1.807, 2.05) is 0 Å². The van der Waals surface area contributed by atoms with E-state index in [1.165, 1.54) is 19.4 Å². The Bertz CT molecular complexity index is 756. The molecule has 0 saturated heterocycles. The summed E-state index contributed by atoms with van der Waals surface area (Å²) >= 11 is 0. The number of alkyl halides is 3. The van der Waals surface area contributed by atoms with Gasteiger partial charge in [-0.25, -0.2) is 0 Å². The van der Waals surface area contributed by atoms with Crippen molar-refractivity contribution in [1.82, 2.24) is 4.98 Å². The van der Waals surface area contributed by atoms with Gasteiger partial charge in [0, 0.05) is 24.1 Å². The smallest absolute Gasteiger partial charge is 0.418 e. The highest BCUT2D eigenvalue weighted by Gasteiger charge is 2.37. The highest BCUT2D eigenvalue weighted by Crippen LogP contribution is 2.35. The van der Waals surface area contributed by atoms with Crippen molar-refractivity contribution >= 4 is 5.78 Å². The Morgan fingerprint density at radius 1 is 1.30 bits per heavy atom. The fraction of sp³-hybridized carbons (Fsp3) is 0.294. The van der Waals surface area contributed by atoms with Crippen LogP contribution in [0.4, 0.5) is 13.2 Å². The van der Waals surface area contributed by atoms with E-state index in [-0.39, 0.29) is 17.9 Å². The quantitative estimate of drug-likeness (QED) is 0.865. The lowest BCUT2D eigenvalue weighted by molar-refractivity contribution is -0.138. The molecule has 2 aromatic rings. The second-order valence-electron chi connectivity index (χ2n) is 5.49. The van der Waals surface area contributed by atoms with Gasteiger partial charge < -0.3 is 4.74 Å². The molecule has 0 fully saturated rings. The molecule has 1 atom stereocenters. The molecular formula is C17H14F3NO2. The molecule has 1 aliphatic rings. The van der Waals surface area contributed by atoms with Gasteiger partial charge in [0.05, 0.1) is 18.4 Å². The van der Waals surface area contributed by atoms with Crippen LogP contribution in [0.15, 0.2) is 36.5 Å². The van der Waals surface area contributed by atoms with Crippen molar-refractivity contribution in [3.8, 4) is 5.75 Å². The van der Waals surface area contributed by atoms with Crippen LogP contribution >= 0.6 is 0 Å². The molecule has 1 aromatic heterocycles. The molecule has 1 unspecified atom stereocenters. The van der Waals surface area contributed by atoms with Crippen molar-refractivity contribution in [3.63, 3.8) is 0 Å². The Kier molecular flexibility index (Phi) is 3.83. The normalized spacial score (nSPS) is 17.2. The van der Waals surface area contributed by atoms with Crippen molar-refractivity contribution in [2.75, 3.05) is 7.11 Å². The number of methoxy groups -OCH3 is 1. The van der Waals surface area contributed by atoms with Crippen molar-refractivity contribution in [1.29, 1.82) is 0 Å². The molecule has 0 amide bonds. The number of hydrogen-bond acceptors (Lipinski definition) is 3. The molecule has 0 spiro atoms. The summed E-state index contributed by atoms with van der Waals surface area (Å²) in [6, 6.07) is 7.36. The Hall–Kier alpha value is -2.37. The van der Waals surface area contributed by atoms with Crippen LogP contribution < -0.4 is 4.74 Å². The molecule has 0 aliphatic heterocycles. The van der Waals surface area contributed by atoms with Crippen LogP contribution in [0.2, 0.25) is 0 Å². The van der Waals surface area contributed by atoms with E-state index < -0.39 is 17.7 Å². The van der Waals surface area contributed by atoms with Gasteiger partial charge in [-0.1, -0.05) is 0 Å². The third-order valence-corrected chi connectivity index (χ3v) is 4.05. The summed E-state index contributed by atoms with van der Waals surface area (Å²) in [5.41, 5.74) is 0.503. The van der Waals surface area contributed by atoms with E-state index in [2.05, 4.69) is 4.98 Å². The predicted molar refractivity (Wildman–Crippen MR) is 77.5 cm³/mol. The molecule has 0 saturated carbocycles. The number of ether oxygens (including phenoxy) is 1. The number of halogens is 3. The number of ketones is 1. The molecule has 0 radical (unpaired) electrons. The van der Waals surface area contributed by atoms with Gasteiger partial charge in [-0.05, 0) is 42.3 Å². The highest BCUT2D eigenvalue weighted by atomic mass is 19.4. The molecule has 0 N–H and O–H groups in total. The molecule has 1 heterocycles. The number of Topliss-reactive ketones (excluding diaryl/α,β-unsaturated/α-hetero) is 1. The number of rotatable bonds is 3. The Labute approximate surface area is 131 Å². The summed E-state index contributed by atoms with van der Waals surface area (Å²) in [6.45, 7) is 0. The van der Waals surface area contributed by atoms with Crippen molar-refractivity contribution in [2.45, 2.75) is 19.0 Å². The number of fused-ring (bicyclic) bond motifs is 1. The molecule has 3 nitrogen and oxygen atoms in total. The Morgan fingerprint density at radius 3 is 2.78 bits per heavy atom. The third kappa shape index (κ3) is 2.93. The zero-order chi connectivity index (χ0) is 16.6. The third-order valence-electron chi connectivity index (χ3n) is 4.05. The van der Waals surface area contributed by atoms with Gasteiger partial charge in [-0.2, -0.15) is 13.2 Å². The van der Waals surface area contributed by atoms with Gasteiger partial charge in [0.25, 0.3) is 0 Å². The number of aromatic nitrogens is 1. The number of hydrogen-bond donors (Lipinski definition) is 0. The van der Waals surface area contributed by atoms with Crippen LogP contribution in [0.3, 0.4) is 0 Å². The first-order valence-electron chi connectivity index (χ1n) is 7.12. The number of nitrogens with zero attached hydrogens (tertiary/aromatic N) is 1. The van der Waals surface area contributed by atoms with Gasteiger partial charge in [0.15, 0.2) is 5.78 Å². The highest BCUT2D eigenvalue weighted by molar-refractivity contribution is 6.02. The molecule has 3 rings (SSSR count). The minimum atomic E-state index is -4.47. The van der Waals surface area contributed by atoms with Crippen LogP contribution in [-0.2, 0) is 19.0 Å². The van der Waals surface area contributed by atoms with Crippen molar-refractivity contribution < 1.29 is 22.7 Å². The molecule has 0 bridgehead atoms. The number of carbonyl (C=O) groups excluding carboxylic acids is 1. The monoisotopic (exact) mass is 321 g/mol. The maximum atomic E-state index is 13.0. The Balaban J connectivity index is 1.88. The zero-order valence-corrected chi connectivity index (χ0v) is 12.4. The first kappa shape index (κ1) is 15.5. The SMILES string of the molecule is COc1ccc2c(c1)CC(Cc1ncccc1C(F)(F)F)C2=O. The second-order valence-corrected chi connectivity index (χ2v) is 5.49. The summed E-state index contributed by atoms with van der Waals surface area (Å²) in [6.07, 6.45) is -2.77. The van der Waals surface area contributed by atoms with E-state index in [0.29, 0.717) is 17.7 Å². The number of pyridine rings is 1. The van der Waals surface area contributed by atoms with E-state index in [4.69, 9.17) is 4.74 Å². The average molecular weight is 321 g/mol. The van der Waals surface area contributed by atoms with E-state index in [9.17, 15) is 18.0 Å². The van der Waals surface area contributed by atoms with Gasteiger partial charge >= 0.3 is 6.18 Å². The Morgan fingerprint density at radius 2 is 2.09 bits per heavy atom. The molecule has 23 heavy (non-hydrogen) atoms. The number of carbonyl (C=O) groups is 1. The summed E-state index contributed by atoms with van der Waals surface area (Å²) < 4.78 is 44.2. The fourth-order valence-electron chi connectivity index (χ4n) is 2.94. The first-order valence-corrected chi connectivity index (χ1v) is 7.12. The van der Waals surface area contributed by atoms with Gasteiger partial charge in [0.1, 0.15) is 5.75 Å². The topological polar surface area (TPSA) is 39.2 Å². The van der Waals surface area contributed by atoms with E-state index in [1.54, 1.807) is 18.2 Å². The van der Waals surface area contributed by atoms with Crippen LogP contribution in [0.25, 0.3) is 0 Å². The lowest BCUT2D eigenvalue weighted by Gasteiger charge is -2.13. The van der Waals surface area contributed by atoms with Crippen LogP contribution in [0.5, 0.6) is 5.75 Å². The average Bonchev–Trinajstić information content (AvgIpc) is 2.82. The predicted octanol–water partition coefficient (Wildman–Crippen LogP) is 3.71. The van der Waals surface area contributed by atoms with Gasteiger partial charge in [-0.3, -0.25) is 9.78 Å². The number of benzene rings is 1. The fourth-order valence-corrected chi connectivity index (χ4v) is 2.94. The van der Waals surface area contributed by atoms with Gasteiger partial charge in [0.2, 0.25) is 0 Å². The molecule has 120 valence electrons. The van der Waals surface area contributed by atoms with Gasteiger partial charge in [-0.15, -0.1) is 0 Å². The summed E-state index contributed by atoms with van der Waals surface area (Å²) in [5.74, 6) is -0.0273. The summed E-state index contributed by atoms with van der Waals surface area (Å²) in [7, 11) is 1.53. The largest absolute Gasteiger partial charge is 0.497 e. The standard InChI is InChI=1S/C17H14F3NO2/c1-23-12-4-5-13-10(8-12)7-11(16(13)22)9-15-14(17(18,19)20)3-2-6-21-15/h2-6,8,11H,7,9H2,1H3. The summed E-state index contributed by atoms with van der Waals surface area (Å²) in [4.78, 5) is 16.3. The maximum Gasteiger partial charge on any atom is 0.418 e. The van der Waals surface area contributed by atoms with Crippen LogP contribution in [-0.4, -0.2) is 17.9 Å². The van der Waals surface area contributed by atoms with E-state index >= 15 is 0 Å². The van der Waals surface area contributed by atoms with Crippen LogP contribution in [0.1, 0.15) is 27.2 Å². The maximum absolute atomic E-state index is 13.0. The van der Waals surface area contributed by atoms with Crippen LogP contribution in [0, 0.1) is 5.92 Å². The second kappa shape index (κ2) is 5.68.